The normalized spacial score (nSPS) is 10.9. The van der Waals surface area contributed by atoms with Crippen molar-refractivity contribution in [1.29, 1.82) is 0 Å². The highest BCUT2D eigenvalue weighted by Gasteiger charge is 2.13. The third-order valence-corrected chi connectivity index (χ3v) is 3.70. The first-order chi connectivity index (χ1) is 11.9. The van der Waals surface area contributed by atoms with Crippen LogP contribution in [0.2, 0.25) is 0 Å². The van der Waals surface area contributed by atoms with Crippen molar-refractivity contribution >= 4 is 5.91 Å². The standard InChI is InChI=1S/C20H21N3O2/c1-12(2)21-19(24)16-7-5-6-15(11-16)18-22-20(25-23-18)17-9-13(3)8-14(4)10-17/h5-12H,1-4H3,(H,21,24). The molecule has 5 heteroatoms. The van der Waals surface area contributed by atoms with E-state index < -0.39 is 0 Å². The second-order valence-corrected chi connectivity index (χ2v) is 6.51. The second-order valence-electron chi connectivity index (χ2n) is 6.51. The van der Waals surface area contributed by atoms with E-state index in [0.29, 0.717) is 17.3 Å². The van der Waals surface area contributed by atoms with Crippen molar-refractivity contribution < 1.29 is 9.32 Å². The zero-order chi connectivity index (χ0) is 18.0. The highest BCUT2D eigenvalue weighted by atomic mass is 16.5. The highest BCUT2D eigenvalue weighted by molar-refractivity contribution is 5.95. The average Bonchev–Trinajstić information content (AvgIpc) is 3.03. The van der Waals surface area contributed by atoms with E-state index >= 15 is 0 Å². The molecular weight excluding hydrogens is 314 g/mol. The minimum atomic E-state index is -0.116. The van der Waals surface area contributed by atoms with Gasteiger partial charge in [0, 0.05) is 22.7 Å². The van der Waals surface area contributed by atoms with Crippen LogP contribution in [0.25, 0.3) is 22.8 Å². The number of carbonyl (C=O) groups is 1. The van der Waals surface area contributed by atoms with E-state index in [2.05, 4.69) is 21.5 Å². The van der Waals surface area contributed by atoms with Gasteiger partial charge in [0.05, 0.1) is 0 Å². The molecule has 0 bridgehead atoms. The maximum Gasteiger partial charge on any atom is 0.258 e. The van der Waals surface area contributed by atoms with Crippen LogP contribution in [0, 0.1) is 13.8 Å². The van der Waals surface area contributed by atoms with Gasteiger partial charge in [0.1, 0.15) is 0 Å². The van der Waals surface area contributed by atoms with Crippen molar-refractivity contribution in [2.75, 3.05) is 0 Å². The largest absolute Gasteiger partial charge is 0.350 e. The minimum Gasteiger partial charge on any atom is -0.350 e. The lowest BCUT2D eigenvalue weighted by Gasteiger charge is -2.08. The first-order valence-electron chi connectivity index (χ1n) is 8.26. The molecule has 3 aromatic rings. The predicted molar refractivity (Wildman–Crippen MR) is 97.2 cm³/mol. The molecule has 0 spiro atoms. The summed E-state index contributed by atoms with van der Waals surface area (Å²) in [5.41, 5.74) is 4.49. The third kappa shape index (κ3) is 3.94. The van der Waals surface area contributed by atoms with Crippen LogP contribution in [0.4, 0.5) is 0 Å². The number of aromatic nitrogens is 2. The van der Waals surface area contributed by atoms with Gasteiger partial charge in [-0.1, -0.05) is 34.5 Å². The molecule has 0 saturated carbocycles. The number of hydrogen-bond donors (Lipinski definition) is 1. The number of aryl methyl sites for hydroxylation is 2. The van der Waals surface area contributed by atoms with E-state index in [0.717, 1.165) is 22.3 Å². The van der Waals surface area contributed by atoms with Crippen molar-refractivity contribution in [3.05, 3.63) is 59.2 Å². The molecule has 5 nitrogen and oxygen atoms in total. The van der Waals surface area contributed by atoms with Crippen LogP contribution in [0.5, 0.6) is 0 Å². The first kappa shape index (κ1) is 16.9. The summed E-state index contributed by atoms with van der Waals surface area (Å²) in [7, 11) is 0. The molecule has 2 aromatic carbocycles. The third-order valence-electron chi connectivity index (χ3n) is 3.70. The van der Waals surface area contributed by atoms with Crippen LogP contribution in [-0.4, -0.2) is 22.1 Å². The summed E-state index contributed by atoms with van der Waals surface area (Å²) in [6.07, 6.45) is 0. The van der Waals surface area contributed by atoms with Gasteiger partial charge in [0.25, 0.3) is 11.8 Å². The van der Waals surface area contributed by atoms with Gasteiger partial charge < -0.3 is 9.84 Å². The number of benzene rings is 2. The molecule has 1 amide bonds. The van der Waals surface area contributed by atoms with Crippen molar-refractivity contribution in [3.8, 4) is 22.8 Å². The lowest BCUT2D eigenvalue weighted by Crippen LogP contribution is -2.30. The molecule has 25 heavy (non-hydrogen) atoms. The van der Waals surface area contributed by atoms with Gasteiger partial charge in [-0.15, -0.1) is 0 Å². The van der Waals surface area contributed by atoms with Crippen molar-refractivity contribution in [2.45, 2.75) is 33.7 Å². The Hall–Kier alpha value is -2.95. The Kier molecular flexibility index (Phi) is 4.65. The molecule has 0 saturated heterocycles. The number of rotatable bonds is 4. The number of nitrogens with one attached hydrogen (secondary N) is 1. The summed E-state index contributed by atoms with van der Waals surface area (Å²) in [5, 5.41) is 6.94. The maximum absolute atomic E-state index is 12.2. The van der Waals surface area contributed by atoms with Crippen molar-refractivity contribution in [3.63, 3.8) is 0 Å². The second kappa shape index (κ2) is 6.89. The molecule has 1 heterocycles. The fourth-order valence-electron chi connectivity index (χ4n) is 2.70. The minimum absolute atomic E-state index is 0.0810. The monoisotopic (exact) mass is 335 g/mol. The topological polar surface area (TPSA) is 68.0 Å². The molecule has 128 valence electrons. The molecule has 3 rings (SSSR count). The Balaban J connectivity index is 1.91. The van der Waals surface area contributed by atoms with Crippen molar-refractivity contribution in [1.82, 2.24) is 15.5 Å². The SMILES string of the molecule is Cc1cc(C)cc(-c2nc(-c3cccc(C(=O)NC(C)C)c3)no2)c1. The maximum atomic E-state index is 12.2. The summed E-state index contributed by atoms with van der Waals surface area (Å²) in [5.74, 6) is 0.821. The van der Waals surface area contributed by atoms with Crippen molar-refractivity contribution in [2.24, 2.45) is 0 Å². The first-order valence-corrected chi connectivity index (χ1v) is 8.26. The van der Waals surface area contributed by atoms with Gasteiger partial charge >= 0.3 is 0 Å². The van der Waals surface area contributed by atoms with Gasteiger partial charge in [0.15, 0.2) is 0 Å². The molecule has 0 unspecified atom stereocenters. The van der Waals surface area contributed by atoms with E-state index in [1.54, 1.807) is 12.1 Å². The summed E-state index contributed by atoms with van der Waals surface area (Å²) >= 11 is 0. The molecule has 1 N–H and O–H groups in total. The fourth-order valence-corrected chi connectivity index (χ4v) is 2.70. The smallest absolute Gasteiger partial charge is 0.258 e. The molecular formula is C20H21N3O2. The van der Waals surface area contributed by atoms with E-state index in [-0.39, 0.29) is 11.9 Å². The van der Waals surface area contributed by atoms with Crippen LogP contribution in [-0.2, 0) is 0 Å². The van der Waals surface area contributed by atoms with Crippen LogP contribution in [0.15, 0.2) is 47.0 Å². The van der Waals surface area contributed by atoms with Crippen LogP contribution >= 0.6 is 0 Å². The summed E-state index contributed by atoms with van der Waals surface area (Å²) in [4.78, 5) is 16.6. The van der Waals surface area contributed by atoms with Crippen LogP contribution in [0.1, 0.15) is 35.3 Å². The highest BCUT2D eigenvalue weighted by Crippen LogP contribution is 2.24. The van der Waals surface area contributed by atoms with E-state index in [1.165, 1.54) is 0 Å². The van der Waals surface area contributed by atoms with E-state index in [4.69, 9.17) is 4.52 Å². The van der Waals surface area contributed by atoms with Gasteiger partial charge in [-0.05, 0) is 52.0 Å². The average molecular weight is 335 g/mol. The Labute approximate surface area is 147 Å². The van der Waals surface area contributed by atoms with Crippen LogP contribution in [0.3, 0.4) is 0 Å². The van der Waals surface area contributed by atoms with Crippen LogP contribution < -0.4 is 5.32 Å². The summed E-state index contributed by atoms with van der Waals surface area (Å²) in [6.45, 7) is 7.92. The number of nitrogens with zero attached hydrogens (tertiary/aromatic N) is 2. The summed E-state index contributed by atoms with van der Waals surface area (Å²) < 4.78 is 5.42. The Morgan fingerprint density at radius 3 is 2.44 bits per heavy atom. The molecule has 0 aliphatic carbocycles. The molecule has 0 atom stereocenters. The quantitative estimate of drug-likeness (QED) is 0.777. The molecule has 0 fully saturated rings. The van der Waals surface area contributed by atoms with E-state index in [9.17, 15) is 4.79 Å². The van der Waals surface area contributed by atoms with Gasteiger partial charge in [-0.25, -0.2) is 0 Å². The number of hydrogen-bond acceptors (Lipinski definition) is 4. The fraction of sp³-hybridized carbons (Fsp3) is 0.250. The van der Waals surface area contributed by atoms with E-state index in [1.807, 2.05) is 52.0 Å². The molecule has 0 radical (unpaired) electrons. The number of carbonyl (C=O) groups excluding carboxylic acids is 1. The van der Waals surface area contributed by atoms with Gasteiger partial charge in [-0.3, -0.25) is 4.79 Å². The Morgan fingerprint density at radius 1 is 1.04 bits per heavy atom. The molecule has 0 aliphatic heterocycles. The molecule has 0 aliphatic rings. The number of amides is 1. The lowest BCUT2D eigenvalue weighted by atomic mass is 10.1. The van der Waals surface area contributed by atoms with Gasteiger partial charge in [-0.2, -0.15) is 4.98 Å². The summed E-state index contributed by atoms with van der Waals surface area (Å²) in [6, 6.07) is 13.4. The Morgan fingerprint density at radius 2 is 1.76 bits per heavy atom. The van der Waals surface area contributed by atoms with Gasteiger partial charge in [0.2, 0.25) is 5.82 Å². The Bertz CT molecular complexity index is 893. The zero-order valence-electron chi connectivity index (χ0n) is 14.8. The lowest BCUT2D eigenvalue weighted by molar-refractivity contribution is 0.0943. The predicted octanol–water partition coefficient (Wildman–Crippen LogP) is 4.16. The zero-order valence-corrected chi connectivity index (χ0v) is 14.8. The molecule has 1 aromatic heterocycles.